The highest BCUT2D eigenvalue weighted by Gasteiger charge is 2.19. The molecule has 21 heavy (non-hydrogen) atoms. The molecule has 0 aromatic heterocycles. The van der Waals surface area contributed by atoms with Crippen LogP contribution in [0.2, 0.25) is 0 Å². The number of benzene rings is 1. The lowest BCUT2D eigenvalue weighted by Crippen LogP contribution is -2.27. The van der Waals surface area contributed by atoms with E-state index < -0.39 is 0 Å². The fourth-order valence-corrected chi connectivity index (χ4v) is 3.21. The Morgan fingerprint density at radius 1 is 0.905 bits per heavy atom. The maximum Gasteiger partial charge on any atom is 0.161 e. The van der Waals surface area contributed by atoms with Gasteiger partial charge in [0.2, 0.25) is 0 Å². The van der Waals surface area contributed by atoms with Crippen molar-refractivity contribution in [1.29, 1.82) is 0 Å². The average molecular weight is 288 g/mol. The van der Waals surface area contributed by atoms with Crippen molar-refractivity contribution < 1.29 is 9.47 Å². The van der Waals surface area contributed by atoms with Crippen molar-refractivity contribution in [3.8, 4) is 11.5 Å². The van der Waals surface area contributed by atoms with Crippen molar-refractivity contribution >= 4 is 5.71 Å². The van der Waals surface area contributed by atoms with E-state index in [1.165, 1.54) is 48.9 Å². The Morgan fingerprint density at radius 2 is 1.57 bits per heavy atom. The van der Waals surface area contributed by atoms with Crippen molar-refractivity contribution in [2.24, 2.45) is 5.10 Å². The van der Waals surface area contributed by atoms with Crippen molar-refractivity contribution in [2.45, 2.75) is 45.1 Å². The molecule has 4 heteroatoms. The maximum absolute atomic E-state index is 5.41. The van der Waals surface area contributed by atoms with Crippen LogP contribution in [0.1, 0.15) is 43.2 Å². The molecule has 1 fully saturated rings. The fraction of sp³-hybridized carbons (Fsp3) is 0.588. The van der Waals surface area contributed by atoms with Crippen LogP contribution in [-0.2, 0) is 13.0 Å². The van der Waals surface area contributed by atoms with Crippen LogP contribution in [0.25, 0.3) is 0 Å². The van der Waals surface area contributed by atoms with Gasteiger partial charge in [-0.3, -0.25) is 5.01 Å². The number of fused-ring (bicyclic) bond motifs is 1. The minimum atomic E-state index is 0.809. The average Bonchev–Trinajstić information content (AvgIpc) is 2.54. The summed E-state index contributed by atoms with van der Waals surface area (Å²) in [5.41, 5.74) is 4.04. The van der Waals surface area contributed by atoms with Gasteiger partial charge >= 0.3 is 0 Å². The zero-order chi connectivity index (χ0) is 14.7. The summed E-state index contributed by atoms with van der Waals surface area (Å²) in [5, 5.41) is 7.09. The minimum absolute atomic E-state index is 0.809. The Labute approximate surface area is 126 Å². The number of rotatable bonds is 3. The zero-order valence-electron chi connectivity index (χ0n) is 13.0. The predicted octanol–water partition coefficient (Wildman–Crippen LogP) is 3.38. The molecule has 114 valence electrons. The van der Waals surface area contributed by atoms with Crippen LogP contribution in [0.5, 0.6) is 11.5 Å². The normalized spacial score (nSPS) is 18.2. The van der Waals surface area contributed by atoms with Crippen molar-refractivity contribution in [1.82, 2.24) is 5.01 Å². The van der Waals surface area contributed by atoms with Crippen LogP contribution in [0.15, 0.2) is 17.2 Å². The third kappa shape index (κ3) is 3.14. The third-order valence-corrected chi connectivity index (χ3v) is 4.41. The molecule has 1 aromatic rings. The molecule has 2 aliphatic rings. The molecular formula is C17H24N2O2. The molecule has 0 unspecified atom stereocenters. The Kier molecular flexibility index (Phi) is 4.32. The molecule has 0 bridgehead atoms. The van der Waals surface area contributed by atoms with Gasteiger partial charge in [-0.05, 0) is 55.4 Å². The van der Waals surface area contributed by atoms with Crippen LogP contribution < -0.4 is 9.47 Å². The lowest BCUT2D eigenvalue weighted by atomic mass is 9.98. The SMILES string of the molecule is COc1cc2c(cc1OC)CN(N=C1CCCCC1)CC2. The molecule has 1 aliphatic heterocycles. The van der Waals surface area contributed by atoms with E-state index in [4.69, 9.17) is 14.6 Å². The van der Waals surface area contributed by atoms with E-state index in [-0.39, 0.29) is 0 Å². The van der Waals surface area contributed by atoms with E-state index in [1.807, 2.05) is 0 Å². The number of methoxy groups -OCH3 is 2. The number of hydrogen-bond acceptors (Lipinski definition) is 4. The van der Waals surface area contributed by atoms with E-state index in [0.29, 0.717) is 0 Å². The second kappa shape index (κ2) is 6.37. The summed E-state index contributed by atoms with van der Waals surface area (Å²) in [6, 6.07) is 4.21. The van der Waals surface area contributed by atoms with Crippen LogP contribution in [0, 0.1) is 0 Å². The summed E-state index contributed by atoms with van der Waals surface area (Å²) in [6.45, 7) is 1.87. The largest absolute Gasteiger partial charge is 0.493 e. The number of hydrogen-bond donors (Lipinski definition) is 0. The third-order valence-electron chi connectivity index (χ3n) is 4.41. The summed E-state index contributed by atoms with van der Waals surface area (Å²) in [5.74, 6) is 1.63. The van der Waals surface area contributed by atoms with E-state index in [1.54, 1.807) is 14.2 Å². The highest BCUT2D eigenvalue weighted by Crippen LogP contribution is 2.33. The molecular weight excluding hydrogens is 264 g/mol. The van der Waals surface area contributed by atoms with Gasteiger partial charge < -0.3 is 9.47 Å². The molecule has 0 amide bonds. The molecule has 1 aromatic carbocycles. The molecule has 1 saturated carbocycles. The van der Waals surface area contributed by atoms with Crippen LogP contribution in [0.3, 0.4) is 0 Å². The lowest BCUT2D eigenvalue weighted by molar-refractivity contribution is 0.263. The monoisotopic (exact) mass is 288 g/mol. The predicted molar refractivity (Wildman–Crippen MR) is 84.2 cm³/mol. The van der Waals surface area contributed by atoms with Gasteiger partial charge in [0.15, 0.2) is 11.5 Å². The smallest absolute Gasteiger partial charge is 0.161 e. The van der Waals surface area contributed by atoms with Crippen molar-refractivity contribution in [3.63, 3.8) is 0 Å². The van der Waals surface area contributed by atoms with Gasteiger partial charge in [-0.2, -0.15) is 5.10 Å². The van der Waals surface area contributed by atoms with Crippen molar-refractivity contribution in [3.05, 3.63) is 23.3 Å². The summed E-state index contributed by atoms with van der Waals surface area (Å²) in [7, 11) is 3.38. The van der Waals surface area contributed by atoms with Gasteiger partial charge in [0, 0.05) is 12.3 Å². The van der Waals surface area contributed by atoms with Gasteiger partial charge in [0.05, 0.1) is 20.8 Å². The van der Waals surface area contributed by atoms with Gasteiger partial charge in [0.1, 0.15) is 0 Å². The van der Waals surface area contributed by atoms with E-state index >= 15 is 0 Å². The summed E-state index contributed by atoms with van der Waals surface area (Å²) < 4.78 is 10.8. The van der Waals surface area contributed by atoms with Crippen LogP contribution in [0.4, 0.5) is 0 Å². The molecule has 1 aliphatic carbocycles. The molecule has 0 N–H and O–H groups in total. The van der Waals surface area contributed by atoms with E-state index in [2.05, 4.69) is 17.1 Å². The van der Waals surface area contributed by atoms with Gasteiger partial charge in [-0.25, -0.2) is 0 Å². The Hall–Kier alpha value is -1.71. The lowest BCUT2D eigenvalue weighted by Gasteiger charge is -2.29. The zero-order valence-corrected chi connectivity index (χ0v) is 13.0. The second-order valence-corrected chi connectivity index (χ2v) is 5.84. The first kappa shape index (κ1) is 14.2. The fourth-order valence-electron chi connectivity index (χ4n) is 3.21. The number of hydrazone groups is 1. The summed E-state index contributed by atoms with van der Waals surface area (Å²) in [6.07, 6.45) is 7.33. The molecule has 4 nitrogen and oxygen atoms in total. The van der Waals surface area contributed by atoms with E-state index in [9.17, 15) is 0 Å². The standard InChI is InChI=1S/C17H24N2O2/c1-20-16-10-13-8-9-19(12-14(13)11-17(16)21-2)18-15-6-4-3-5-7-15/h10-11H,3-9,12H2,1-2H3. The Morgan fingerprint density at radius 3 is 2.24 bits per heavy atom. The highest BCUT2D eigenvalue weighted by molar-refractivity contribution is 5.84. The quantitative estimate of drug-likeness (QED) is 0.855. The molecule has 0 radical (unpaired) electrons. The summed E-state index contributed by atoms with van der Waals surface area (Å²) in [4.78, 5) is 0. The van der Waals surface area contributed by atoms with Gasteiger partial charge in [0.25, 0.3) is 0 Å². The topological polar surface area (TPSA) is 34.1 Å². The first-order valence-corrected chi connectivity index (χ1v) is 7.85. The molecule has 0 spiro atoms. The molecule has 1 heterocycles. The molecule has 3 rings (SSSR count). The number of nitrogens with zero attached hydrogens (tertiary/aromatic N) is 2. The molecule has 0 atom stereocenters. The first-order chi connectivity index (χ1) is 10.3. The van der Waals surface area contributed by atoms with E-state index in [0.717, 1.165) is 31.0 Å². The molecule has 0 saturated heterocycles. The Bertz CT molecular complexity index is 532. The van der Waals surface area contributed by atoms with Crippen molar-refractivity contribution in [2.75, 3.05) is 20.8 Å². The number of ether oxygens (including phenoxy) is 2. The first-order valence-electron chi connectivity index (χ1n) is 7.85. The Balaban J connectivity index is 1.78. The van der Waals surface area contributed by atoms with Gasteiger partial charge in [-0.1, -0.05) is 6.42 Å². The maximum atomic E-state index is 5.41. The summed E-state index contributed by atoms with van der Waals surface area (Å²) >= 11 is 0. The van der Waals surface area contributed by atoms with Gasteiger partial charge in [-0.15, -0.1) is 0 Å². The highest BCUT2D eigenvalue weighted by atomic mass is 16.5. The minimum Gasteiger partial charge on any atom is -0.493 e. The second-order valence-electron chi connectivity index (χ2n) is 5.84. The van der Waals surface area contributed by atoms with Crippen LogP contribution >= 0.6 is 0 Å². The van der Waals surface area contributed by atoms with Crippen LogP contribution in [-0.4, -0.2) is 31.5 Å².